The molecular formula is C22H18Si. The lowest BCUT2D eigenvalue weighted by molar-refractivity contribution is 1.74. The molecule has 0 saturated carbocycles. The van der Waals surface area contributed by atoms with Crippen molar-refractivity contribution in [3.05, 3.63) is 72.8 Å². The molecule has 110 valence electrons. The summed E-state index contributed by atoms with van der Waals surface area (Å²) < 4.78 is 0. The van der Waals surface area contributed by atoms with Crippen molar-refractivity contribution in [2.75, 3.05) is 0 Å². The molecule has 23 heavy (non-hydrogen) atoms. The van der Waals surface area contributed by atoms with Crippen molar-refractivity contribution in [2.45, 2.75) is 13.1 Å². The van der Waals surface area contributed by atoms with Gasteiger partial charge >= 0.3 is 0 Å². The van der Waals surface area contributed by atoms with Crippen LogP contribution in [0.1, 0.15) is 0 Å². The first kappa shape index (κ1) is 13.1. The monoisotopic (exact) mass is 310 g/mol. The number of fused-ring (bicyclic) bond motifs is 7. The van der Waals surface area contributed by atoms with Crippen LogP contribution in [0.15, 0.2) is 72.8 Å². The van der Waals surface area contributed by atoms with E-state index in [-0.39, 0.29) is 0 Å². The van der Waals surface area contributed by atoms with E-state index in [1.807, 2.05) is 0 Å². The Labute approximate surface area is 137 Å². The van der Waals surface area contributed by atoms with E-state index in [9.17, 15) is 0 Å². The van der Waals surface area contributed by atoms with Crippen molar-refractivity contribution in [3.8, 4) is 11.1 Å². The van der Waals surface area contributed by atoms with Crippen LogP contribution >= 0.6 is 0 Å². The fourth-order valence-corrected chi connectivity index (χ4v) is 8.30. The minimum Gasteiger partial charge on any atom is -0.0616 e. The molecule has 0 aliphatic carbocycles. The van der Waals surface area contributed by atoms with E-state index >= 15 is 0 Å². The summed E-state index contributed by atoms with van der Waals surface area (Å²) in [6.45, 7) is 5.02. The predicted octanol–water partition coefficient (Wildman–Crippen LogP) is 4.80. The minimum atomic E-state index is -1.71. The molecule has 0 radical (unpaired) electrons. The lowest BCUT2D eigenvalue weighted by atomic mass is 9.99. The predicted molar refractivity (Wildman–Crippen MR) is 104 cm³/mol. The second-order valence-corrected chi connectivity index (χ2v) is 11.3. The van der Waals surface area contributed by atoms with Crippen LogP contribution in [0.3, 0.4) is 0 Å². The molecule has 1 aliphatic rings. The van der Waals surface area contributed by atoms with Gasteiger partial charge in [0.15, 0.2) is 0 Å². The van der Waals surface area contributed by atoms with Gasteiger partial charge in [-0.2, -0.15) is 0 Å². The smallest absolute Gasteiger partial charge is 0.0616 e. The first-order chi connectivity index (χ1) is 11.2. The van der Waals surface area contributed by atoms with Crippen LogP contribution in [0.25, 0.3) is 32.7 Å². The van der Waals surface area contributed by atoms with E-state index in [1.165, 1.54) is 32.7 Å². The summed E-state index contributed by atoms with van der Waals surface area (Å²) in [6.07, 6.45) is 0. The van der Waals surface area contributed by atoms with Gasteiger partial charge in [-0.1, -0.05) is 85.9 Å². The molecule has 0 bridgehead atoms. The Morgan fingerprint density at radius 2 is 0.957 bits per heavy atom. The van der Waals surface area contributed by atoms with Gasteiger partial charge in [-0.15, -0.1) is 0 Å². The SMILES string of the molecule is C[Si]1(C)c2c(ccc3ccccc23)-c2ccc3ccccc3c21. The van der Waals surface area contributed by atoms with Crippen molar-refractivity contribution in [3.63, 3.8) is 0 Å². The molecule has 0 aromatic heterocycles. The standard InChI is InChI=1S/C22H18Si/c1-23(2)21-17-9-5-3-7-15(17)11-13-19(21)20-14-12-16-8-4-6-10-18(16)22(20)23/h3-14H,1-2H3. The number of hydrogen-bond donors (Lipinski definition) is 0. The summed E-state index contributed by atoms with van der Waals surface area (Å²) >= 11 is 0. The maximum atomic E-state index is 2.51. The Morgan fingerprint density at radius 3 is 1.43 bits per heavy atom. The molecule has 4 aromatic carbocycles. The number of rotatable bonds is 0. The maximum absolute atomic E-state index is 2.51. The molecule has 0 nitrogen and oxygen atoms in total. The molecule has 0 spiro atoms. The highest BCUT2D eigenvalue weighted by atomic mass is 28.3. The lowest BCUT2D eigenvalue weighted by Crippen LogP contribution is -2.49. The zero-order valence-corrected chi connectivity index (χ0v) is 14.4. The lowest BCUT2D eigenvalue weighted by Gasteiger charge is -2.22. The van der Waals surface area contributed by atoms with Crippen LogP contribution in [0.4, 0.5) is 0 Å². The molecule has 1 aliphatic heterocycles. The summed E-state index contributed by atoms with van der Waals surface area (Å²) in [5, 5.41) is 8.85. The second-order valence-electron chi connectivity index (χ2n) is 7.04. The van der Waals surface area contributed by atoms with E-state index in [4.69, 9.17) is 0 Å². The van der Waals surface area contributed by atoms with Crippen LogP contribution < -0.4 is 10.4 Å². The van der Waals surface area contributed by atoms with Gasteiger partial charge in [0.05, 0.1) is 0 Å². The highest BCUT2D eigenvalue weighted by molar-refractivity contribution is 7.06. The molecule has 0 fully saturated rings. The Bertz CT molecular complexity index is 1000. The number of hydrogen-bond acceptors (Lipinski definition) is 0. The first-order valence-electron chi connectivity index (χ1n) is 8.23. The topological polar surface area (TPSA) is 0 Å². The van der Waals surface area contributed by atoms with Crippen LogP contribution in [-0.2, 0) is 0 Å². The second kappa shape index (κ2) is 4.33. The zero-order valence-electron chi connectivity index (χ0n) is 13.4. The average molecular weight is 310 g/mol. The fourth-order valence-electron chi connectivity index (χ4n) is 4.46. The third-order valence-electron chi connectivity index (χ3n) is 5.40. The van der Waals surface area contributed by atoms with E-state index in [0.717, 1.165) is 0 Å². The average Bonchev–Trinajstić information content (AvgIpc) is 2.83. The summed E-state index contributed by atoms with van der Waals surface area (Å²) in [7, 11) is -1.71. The number of benzene rings is 4. The normalized spacial score (nSPS) is 14.9. The van der Waals surface area contributed by atoms with Gasteiger partial charge in [0, 0.05) is 0 Å². The Kier molecular flexibility index (Phi) is 2.47. The van der Waals surface area contributed by atoms with Gasteiger partial charge in [-0.3, -0.25) is 0 Å². The van der Waals surface area contributed by atoms with E-state index < -0.39 is 8.07 Å². The largest absolute Gasteiger partial charge is 0.115 e. The molecule has 0 atom stereocenters. The first-order valence-corrected chi connectivity index (χ1v) is 11.2. The molecular weight excluding hydrogens is 292 g/mol. The Balaban J connectivity index is 1.99. The summed E-state index contributed by atoms with van der Waals surface area (Å²) in [5.74, 6) is 0. The van der Waals surface area contributed by atoms with Gasteiger partial charge in [0.1, 0.15) is 8.07 Å². The van der Waals surface area contributed by atoms with Gasteiger partial charge in [0.2, 0.25) is 0 Å². The molecule has 0 amide bonds. The molecule has 1 heteroatoms. The molecule has 0 N–H and O–H groups in total. The minimum absolute atomic E-state index is 1.36. The van der Waals surface area contributed by atoms with Crippen molar-refractivity contribution >= 4 is 40.0 Å². The van der Waals surface area contributed by atoms with Crippen molar-refractivity contribution in [1.82, 2.24) is 0 Å². The van der Waals surface area contributed by atoms with Crippen molar-refractivity contribution < 1.29 is 0 Å². The van der Waals surface area contributed by atoms with Crippen LogP contribution in [-0.4, -0.2) is 8.07 Å². The third-order valence-corrected chi connectivity index (χ3v) is 8.98. The summed E-state index contributed by atoms with van der Waals surface area (Å²) in [6, 6.07) is 27.0. The fraction of sp³-hybridized carbons (Fsp3) is 0.0909. The highest BCUT2D eigenvalue weighted by Gasteiger charge is 2.39. The maximum Gasteiger partial charge on any atom is 0.115 e. The van der Waals surface area contributed by atoms with Gasteiger partial charge in [-0.25, -0.2) is 0 Å². The van der Waals surface area contributed by atoms with E-state index in [0.29, 0.717) is 0 Å². The molecule has 1 heterocycles. The highest BCUT2D eigenvalue weighted by Crippen LogP contribution is 2.34. The molecule has 0 saturated heterocycles. The third kappa shape index (κ3) is 1.60. The van der Waals surface area contributed by atoms with Crippen molar-refractivity contribution in [1.29, 1.82) is 0 Å². The molecule has 0 unspecified atom stereocenters. The molecule has 5 rings (SSSR count). The van der Waals surface area contributed by atoms with Crippen LogP contribution in [0.5, 0.6) is 0 Å². The van der Waals surface area contributed by atoms with Crippen LogP contribution in [0.2, 0.25) is 13.1 Å². The Hall–Kier alpha value is -2.38. The quantitative estimate of drug-likeness (QED) is 0.409. The molecule has 4 aromatic rings. The van der Waals surface area contributed by atoms with Gasteiger partial charge < -0.3 is 0 Å². The Morgan fingerprint density at radius 1 is 0.522 bits per heavy atom. The van der Waals surface area contributed by atoms with Crippen molar-refractivity contribution in [2.24, 2.45) is 0 Å². The van der Waals surface area contributed by atoms with E-state index in [1.54, 1.807) is 10.4 Å². The van der Waals surface area contributed by atoms with Gasteiger partial charge in [-0.05, 0) is 43.0 Å². The van der Waals surface area contributed by atoms with Crippen LogP contribution in [0, 0.1) is 0 Å². The zero-order chi connectivity index (χ0) is 15.6. The van der Waals surface area contributed by atoms with E-state index in [2.05, 4.69) is 85.9 Å². The summed E-state index contributed by atoms with van der Waals surface area (Å²) in [4.78, 5) is 0. The van der Waals surface area contributed by atoms with Gasteiger partial charge in [0.25, 0.3) is 0 Å². The summed E-state index contributed by atoms with van der Waals surface area (Å²) in [5.41, 5.74) is 2.92.